The zero-order valence-electron chi connectivity index (χ0n) is 9.56. The van der Waals surface area contributed by atoms with Gasteiger partial charge in [-0.05, 0) is 30.2 Å². The van der Waals surface area contributed by atoms with Gasteiger partial charge < -0.3 is 0 Å². The fourth-order valence-electron chi connectivity index (χ4n) is 2.24. The molecule has 98 valence electrons. The van der Waals surface area contributed by atoms with E-state index in [0.717, 1.165) is 0 Å². The number of Topliss-reactive ketones (excluding diaryl/α,β-unsaturated/α-hetero) is 1. The molecule has 1 atom stereocenters. The Morgan fingerprint density at radius 2 is 2.17 bits per heavy atom. The molecule has 1 aromatic rings. The van der Waals surface area contributed by atoms with Gasteiger partial charge in [-0.3, -0.25) is 4.79 Å². The van der Waals surface area contributed by atoms with Crippen LogP contribution in [0.2, 0.25) is 5.02 Å². The maximum absolute atomic E-state index is 13.4. The Morgan fingerprint density at radius 1 is 1.44 bits per heavy atom. The molecule has 0 saturated heterocycles. The normalized spacial score (nSPS) is 22.1. The molecule has 0 bridgehead atoms. The van der Waals surface area contributed by atoms with Gasteiger partial charge in [0.1, 0.15) is 11.6 Å². The van der Waals surface area contributed by atoms with Crippen LogP contribution in [0.4, 0.5) is 13.2 Å². The van der Waals surface area contributed by atoms with E-state index in [1.807, 2.05) is 0 Å². The van der Waals surface area contributed by atoms with Gasteiger partial charge in [-0.2, -0.15) is 0 Å². The van der Waals surface area contributed by atoms with Crippen LogP contribution in [0.15, 0.2) is 18.2 Å². The minimum Gasteiger partial charge on any atom is -0.299 e. The summed E-state index contributed by atoms with van der Waals surface area (Å²) in [6.07, 6.45) is -0.684. The van der Waals surface area contributed by atoms with E-state index in [2.05, 4.69) is 0 Å². The smallest absolute Gasteiger partial charge is 0.248 e. The summed E-state index contributed by atoms with van der Waals surface area (Å²) in [4.78, 5) is 11.8. The molecule has 1 aliphatic carbocycles. The maximum atomic E-state index is 13.4. The standard InChI is InChI=1S/C13H12ClF3O/c14-10-1-2-11(15)9(5-10)6-12(18)8-3-4-13(16,17)7-8/h1-2,5,8H,3-4,6-7H2. The van der Waals surface area contributed by atoms with Gasteiger partial charge >= 0.3 is 0 Å². The van der Waals surface area contributed by atoms with Crippen LogP contribution in [-0.4, -0.2) is 11.7 Å². The fraction of sp³-hybridized carbons (Fsp3) is 0.462. The molecule has 0 heterocycles. The van der Waals surface area contributed by atoms with Crippen LogP contribution in [0.3, 0.4) is 0 Å². The third-order valence-corrected chi connectivity index (χ3v) is 3.47. The summed E-state index contributed by atoms with van der Waals surface area (Å²) in [5, 5.41) is 0.330. The van der Waals surface area contributed by atoms with E-state index < -0.39 is 24.1 Å². The average molecular weight is 277 g/mol. The highest BCUT2D eigenvalue weighted by Crippen LogP contribution is 2.39. The molecule has 1 aromatic carbocycles. The van der Waals surface area contributed by atoms with Gasteiger partial charge in [0, 0.05) is 30.2 Å². The number of hydrogen-bond donors (Lipinski definition) is 0. The number of carbonyl (C=O) groups excluding carboxylic acids is 1. The highest BCUT2D eigenvalue weighted by atomic mass is 35.5. The summed E-state index contributed by atoms with van der Waals surface area (Å²) < 4.78 is 39.4. The van der Waals surface area contributed by atoms with Crippen molar-refractivity contribution < 1.29 is 18.0 Å². The monoisotopic (exact) mass is 276 g/mol. The molecule has 5 heteroatoms. The topological polar surface area (TPSA) is 17.1 Å². The van der Waals surface area contributed by atoms with Crippen LogP contribution in [-0.2, 0) is 11.2 Å². The Hall–Kier alpha value is -1.03. The zero-order valence-corrected chi connectivity index (χ0v) is 10.3. The van der Waals surface area contributed by atoms with Crippen molar-refractivity contribution in [3.05, 3.63) is 34.6 Å². The van der Waals surface area contributed by atoms with E-state index in [4.69, 9.17) is 11.6 Å². The quantitative estimate of drug-likeness (QED) is 0.815. The van der Waals surface area contributed by atoms with Crippen LogP contribution in [0.25, 0.3) is 0 Å². The fourth-order valence-corrected chi connectivity index (χ4v) is 2.43. The Morgan fingerprint density at radius 3 is 2.78 bits per heavy atom. The van der Waals surface area contributed by atoms with Crippen molar-refractivity contribution in [3.8, 4) is 0 Å². The third kappa shape index (κ3) is 3.05. The maximum Gasteiger partial charge on any atom is 0.248 e. The number of carbonyl (C=O) groups is 1. The summed E-state index contributed by atoms with van der Waals surface area (Å²) in [6, 6.07) is 3.92. The van der Waals surface area contributed by atoms with Crippen molar-refractivity contribution in [3.63, 3.8) is 0 Å². The van der Waals surface area contributed by atoms with Crippen molar-refractivity contribution in [2.75, 3.05) is 0 Å². The summed E-state index contributed by atoms with van der Waals surface area (Å²) in [6.45, 7) is 0. The van der Waals surface area contributed by atoms with Gasteiger partial charge in [0.25, 0.3) is 0 Å². The van der Waals surface area contributed by atoms with E-state index >= 15 is 0 Å². The molecular formula is C13H12ClF3O. The molecule has 1 nitrogen and oxygen atoms in total. The molecule has 2 rings (SSSR count). The summed E-state index contributed by atoms with van der Waals surface area (Å²) in [5.41, 5.74) is 0.169. The predicted octanol–water partition coefficient (Wildman–Crippen LogP) is 4.03. The average Bonchev–Trinajstić information content (AvgIpc) is 2.64. The van der Waals surface area contributed by atoms with Gasteiger partial charge in [-0.15, -0.1) is 0 Å². The lowest BCUT2D eigenvalue weighted by molar-refractivity contribution is -0.123. The number of hydrogen-bond acceptors (Lipinski definition) is 1. The van der Waals surface area contributed by atoms with Crippen molar-refractivity contribution in [1.82, 2.24) is 0 Å². The van der Waals surface area contributed by atoms with Gasteiger partial charge in [-0.25, -0.2) is 13.2 Å². The van der Waals surface area contributed by atoms with Gasteiger partial charge in [0.15, 0.2) is 0 Å². The minimum absolute atomic E-state index is 0.169. The van der Waals surface area contributed by atoms with Crippen molar-refractivity contribution in [1.29, 1.82) is 0 Å². The SMILES string of the molecule is O=C(Cc1cc(Cl)ccc1F)C1CCC(F)(F)C1. The molecule has 1 unspecified atom stereocenters. The summed E-state index contributed by atoms with van der Waals surface area (Å²) >= 11 is 5.71. The van der Waals surface area contributed by atoms with Gasteiger partial charge in [0.2, 0.25) is 5.92 Å². The highest BCUT2D eigenvalue weighted by Gasteiger charge is 2.42. The first-order chi connectivity index (χ1) is 8.37. The Bertz CT molecular complexity index is 473. The Kier molecular flexibility index (Phi) is 3.66. The van der Waals surface area contributed by atoms with Crippen LogP contribution in [0.5, 0.6) is 0 Å². The first-order valence-corrected chi connectivity index (χ1v) is 6.10. The van der Waals surface area contributed by atoms with Crippen molar-refractivity contribution in [2.45, 2.75) is 31.6 Å². The van der Waals surface area contributed by atoms with E-state index in [9.17, 15) is 18.0 Å². The van der Waals surface area contributed by atoms with Crippen molar-refractivity contribution >= 4 is 17.4 Å². The molecule has 0 spiro atoms. The van der Waals surface area contributed by atoms with E-state index in [0.29, 0.717) is 5.02 Å². The van der Waals surface area contributed by atoms with Crippen LogP contribution in [0, 0.1) is 11.7 Å². The van der Waals surface area contributed by atoms with Crippen LogP contribution >= 0.6 is 11.6 Å². The number of ketones is 1. The molecule has 0 aromatic heterocycles. The number of rotatable bonds is 3. The molecule has 0 aliphatic heterocycles. The third-order valence-electron chi connectivity index (χ3n) is 3.23. The second-order valence-electron chi connectivity index (χ2n) is 4.67. The molecule has 0 N–H and O–H groups in total. The highest BCUT2D eigenvalue weighted by molar-refractivity contribution is 6.30. The second-order valence-corrected chi connectivity index (χ2v) is 5.11. The predicted molar refractivity (Wildman–Crippen MR) is 62.4 cm³/mol. The number of halogens is 4. The number of benzene rings is 1. The van der Waals surface area contributed by atoms with E-state index in [1.54, 1.807) is 0 Å². The Labute approximate surface area is 108 Å². The van der Waals surface area contributed by atoms with E-state index in [1.165, 1.54) is 18.2 Å². The molecule has 18 heavy (non-hydrogen) atoms. The lowest BCUT2D eigenvalue weighted by Gasteiger charge is -2.10. The molecule has 1 fully saturated rings. The first-order valence-electron chi connectivity index (χ1n) is 5.72. The molecule has 1 aliphatic rings. The largest absolute Gasteiger partial charge is 0.299 e. The first kappa shape index (κ1) is 13.4. The van der Waals surface area contributed by atoms with Crippen LogP contribution in [0.1, 0.15) is 24.8 Å². The minimum atomic E-state index is -2.76. The molecule has 0 amide bonds. The lowest BCUT2D eigenvalue weighted by Crippen LogP contribution is -2.17. The van der Waals surface area contributed by atoms with E-state index in [-0.39, 0.29) is 30.6 Å². The molecule has 1 saturated carbocycles. The van der Waals surface area contributed by atoms with Crippen LogP contribution < -0.4 is 0 Å². The zero-order chi connectivity index (χ0) is 13.3. The number of alkyl halides is 2. The summed E-state index contributed by atoms with van der Waals surface area (Å²) in [5.74, 6) is -4.29. The summed E-state index contributed by atoms with van der Waals surface area (Å²) in [7, 11) is 0. The molecular weight excluding hydrogens is 265 g/mol. The Balaban J connectivity index is 2.06. The second kappa shape index (κ2) is 4.92. The lowest BCUT2D eigenvalue weighted by atomic mass is 9.96. The van der Waals surface area contributed by atoms with Crippen molar-refractivity contribution in [2.24, 2.45) is 5.92 Å². The van der Waals surface area contributed by atoms with Gasteiger partial charge in [0.05, 0.1) is 0 Å². The van der Waals surface area contributed by atoms with Gasteiger partial charge in [-0.1, -0.05) is 11.6 Å². The molecule has 0 radical (unpaired) electrons.